The fourth-order valence-corrected chi connectivity index (χ4v) is 2.48. The van der Waals surface area contributed by atoms with Crippen LogP contribution in [0.25, 0.3) is 6.08 Å². The Hall–Kier alpha value is -2.03. The van der Waals surface area contributed by atoms with Gasteiger partial charge in [-0.3, -0.25) is 4.79 Å². The van der Waals surface area contributed by atoms with E-state index in [1.807, 2.05) is 13.1 Å². The van der Waals surface area contributed by atoms with Gasteiger partial charge in [0.15, 0.2) is 0 Å². The summed E-state index contributed by atoms with van der Waals surface area (Å²) in [5.41, 5.74) is 0.708. The molecule has 1 aromatic carbocycles. The zero-order valence-corrected chi connectivity index (χ0v) is 13.4. The molecule has 1 aliphatic rings. The summed E-state index contributed by atoms with van der Waals surface area (Å²) in [5, 5.41) is 9.85. The molecule has 2 rings (SSSR count). The maximum Gasteiger partial charge on any atom is 0.264 e. The Labute approximate surface area is 135 Å². The number of halogens is 1. The average molecular weight is 320 g/mol. The van der Waals surface area contributed by atoms with Gasteiger partial charge in [-0.25, -0.2) is 0 Å². The molecule has 5 nitrogen and oxygen atoms in total. The first-order valence-corrected chi connectivity index (χ1v) is 7.36. The van der Waals surface area contributed by atoms with Gasteiger partial charge in [-0.05, 0) is 31.3 Å². The number of benzene rings is 1. The van der Waals surface area contributed by atoms with Crippen molar-refractivity contribution in [3.05, 3.63) is 34.4 Å². The van der Waals surface area contributed by atoms with Crippen molar-refractivity contribution in [3.8, 4) is 11.8 Å². The van der Waals surface area contributed by atoms with Crippen molar-refractivity contribution < 1.29 is 9.53 Å². The van der Waals surface area contributed by atoms with Crippen molar-refractivity contribution in [1.29, 1.82) is 5.26 Å². The number of hydrogen-bond acceptors (Lipinski definition) is 4. The van der Waals surface area contributed by atoms with Gasteiger partial charge in [0, 0.05) is 36.8 Å². The van der Waals surface area contributed by atoms with Gasteiger partial charge in [-0.2, -0.15) is 5.26 Å². The SMILES string of the molecule is COc1ccc(Cl)cc1/C=C(\C#N)C(=O)N1CCN(C)CC1. The van der Waals surface area contributed by atoms with Crippen molar-refractivity contribution in [1.82, 2.24) is 9.80 Å². The number of carbonyl (C=O) groups is 1. The third-order valence-corrected chi connectivity index (χ3v) is 3.87. The fraction of sp³-hybridized carbons (Fsp3) is 0.375. The lowest BCUT2D eigenvalue weighted by Crippen LogP contribution is -2.47. The quantitative estimate of drug-likeness (QED) is 0.632. The summed E-state index contributed by atoms with van der Waals surface area (Å²) < 4.78 is 5.24. The van der Waals surface area contributed by atoms with Gasteiger partial charge in [-0.1, -0.05) is 11.6 Å². The van der Waals surface area contributed by atoms with Gasteiger partial charge in [0.2, 0.25) is 0 Å². The minimum absolute atomic E-state index is 0.0881. The molecule has 0 radical (unpaired) electrons. The van der Waals surface area contributed by atoms with Crippen LogP contribution >= 0.6 is 11.6 Å². The maximum atomic E-state index is 12.5. The molecule has 0 bridgehead atoms. The Morgan fingerprint density at radius 1 is 1.36 bits per heavy atom. The van der Waals surface area contributed by atoms with Gasteiger partial charge in [-0.15, -0.1) is 0 Å². The molecule has 1 heterocycles. The lowest BCUT2D eigenvalue weighted by atomic mass is 10.1. The van der Waals surface area contributed by atoms with Gasteiger partial charge in [0.05, 0.1) is 7.11 Å². The molecule has 1 saturated heterocycles. The Morgan fingerprint density at radius 2 is 2.05 bits per heavy atom. The highest BCUT2D eigenvalue weighted by molar-refractivity contribution is 6.30. The monoisotopic (exact) mass is 319 g/mol. The van der Waals surface area contributed by atoms with Crippen molar-refractivity contribution >= 4 is 23.6 Å². The molecule has 1 amide bonds. The van der Waals surface area contributed by atoms with Crippen LogP contribution in [-0.2, 0) is 4.79 Å². The van der Waals surface area contributed by atoms with Gasteiger partial charge >= 0.3 is 0 Å². The largest absolute Gasteiger partial charge is 0.496 e. The molecule has 116 valence electrons. The van der Waals surface area contributed by atoms with Crippen molar-refractivity contribution in [2.75, 3.05) is 40.3 Å². The number of nitriles is 1. The van der Waals surface area contributed by atoms with Gasteiger partial charge in [0.25, 0.3) is 5.91 Å². The molecule has 0 atom stereocenters. The van der Waals surface area contributed by atoms with E-state index in [1.165, 1.54) is 13.2 Å². The second kappa shape index (κ2) is 7.30. The number of piperazine rings is 1. The van der Waals surface area contributed by atoms with E-state index in [2.05, 4.69) is 4.90 Å². The number of amides is 1. The van der Waals surface area contributed by atoms with E-state index in [0.717, 1.165) is 13.1 Å². The lowest BCUT2D eigenvalue weighted by molar-refractivity contribution is -0.128. The lowest BCUT2D eigenvalue weighted by Gasteiger charge is -2.32. The molecule has 6 heteroatoms. The average Bonchev–Trinajstić information content (AvgIpc) is 2.53. The second-order valence-electron chi connectivity index (χ2n) is 5.15. The minimum atomic E-state index is -0.252. The summed E-state index contributed by atoms with van der Waals surface area (Å²) in [5.74, 6) is 0.320. The highest BCUT2D eigenvalue weighted by Gasteiger charge is 2.22. The molecule has 0 saturated carbocycles. The van der Waals surface area contributed by atoms with Gasteiger partial charge in [0.1, 0.15) is 17.4 Å². The number of hydrogen-bond donors (Lipinski definition) is 0. The van der Waals surface area contributed by atoms with Crippen LogP contribution in [0.1, 0.15) is 5.56 Å². The standard InChI is InChI=1S/C16H18ClN3O2/c1-19-5-7-20(8-6-19)16(21)13(11-18)9-12-10-14(17)3-4-15(12)22-2/h3-4,9-10H,5-8H2,1-2H3/b13-9+. The Bertz CT molecular complexity index is 629. The van der Waals surface area contributed by atoms with E-state index < -0.39 is 0 Å². The van der Waals surface area contributed by atoms with Crippen LogP contribution < -0.4 is 4.74 Å². The number of likely N-dealkylation sites (N-methyl/N-ethyl adjacent to an activating group) is 1. The molecule has 1 fully saturated rings. The van der Waals surface area contributed by atoms with Crippen LogP contribution in [-0.4, -0.2) is 56.0 Å². The fourth-order valence-electron chi connectivity index (χ4n) is 2.30. The molecule has 0 N–H and O–H groups in total. The summed E-state index contributed by atoms with van der Waals surface area (Å²) in [6.07, 6.45) is 1.53. The van der Waals surface area contributed by atoms with Crippen LogP contribution in [0, 0.1) is 11.3 Å². The number of ether oxygens (including phenoxy) is 1. The summed E-state index contributed by atoms with van der Waals surface area (Å²) in [4.78, 5) is 16.3. The zero-order valence-electron chi connectivity index (χ0n) is 12.7. The third-order valence-electron chi connectivity index (χ3n) is 3.63. The molecule has 1 aromatic rings. The molecular formula is C16H18ClN3O2. The van der Waals surface area contributed by atoms with E-state index in [0.29, 0.717) is 29.4 Å². The number of methoxy groups -OCH3 is 1. The van der Waals surface area contributed by atoms with E-state index in [-0.39, 0.29) is 11.5 Å². The van der Waals surface area contributed by atoms with Crippen LogP contribution in [0.4, 0.5) is 0 Å². The Morgan fingerprint density at radius 3 is 2.64 bits per heavy atom. The Balaban J connectivity index is 2.26. The normalized spacial score (nSPS) is 16.3. The number of rotatable bonds is 3. The van der Waals surface area contributed by atoms with E-state index in [4.69, 9.17) is 16.3 Å². The first kappa shape index (κ1) is 16.3. The summed E-state index contributed by atoms with van der Waals surface area (Å²) in [6.45, 7) is 2.87. The minimum Gasteiger partial charge on any atom is -0.496 e. The summed E-state index contributed by atoms with van der Waals surface area (Å²) >= 11 is 5.98. The first-order chi connectivity index (χ1) is 10.5. The smallest absolute Gasteiger partial charge is 0.264 e. The number of nitrogens with zero attached hydrogens (tertiary/aromatic N) is 3. The highest BCUT2D eigenvalue weighted by Crippen LogP contribution is 2.25. The predicted octanol–water partition coefficient (Wildman–Crippen LogP) is 2.03. The highest BCUT2D eigenvalue weighted by atomic mass is 35.5. The van der Waals surface area contributed by atoms with Crippen molar-refractivity contribution in [2.45, 2.75) is 0 Å². The first-order valence-electron chi connectivity index (χ1n) is 6.98. The van der Waals surface area contributed by atoms with Gasteiger partial charge < -0.3 is 14.5 Å². The molecule has 0 spiro atoms. The van der Waals surface area contributed by atoms with Crippen LogP contribution in [0.2, 0.25) is 5.02 Å². The second-order valence-corrected chi connectivity index (χ2v) is 5.59. The van der Waals surface area contributed by atoms with Crippen LogP contribution in [0.5, 0.6) is 5.75 Å². The van der Waals surface area contributed by atoms with Crippen molar-refractivity contribution in [3.63, 3.8) is 0 Å². The molecule has 1 aliphatic heterocycles. The maximum absolute atomic E-state index is 12.5. The number of carbonyl (C=O) groups excluding carboxylic acids is 1. The van der Waals surface area contributed by atoms with E-state index in [1.54, 1.807) is 23.1 Å². The van der Waals surface area contributed by atoms with Crippen LogP contribution in [0.15, 0.2) is 23.8 Å². The van der Waals surface area contributed by atoms with E-state index in [9.17, 15) is 10.1 Å². The van der Waals surface area contributed by atoms with Crippen molar-refractivity contribution in [2.24, 2.45) is 0 Å². The molecule has 22 heavy (non-hydrogen) atoms. The zero-order chi connectivity index (χ0) is 16.1. The van der Waals surface area contributed by atoms with E-state index >= 15 is 0 Å². The Kier molecular flexibility index (Phi) is 5.42. The molecule has 0 aliphatic carbocycles. The molecular weight excluding hydrogens is 302 g/mol. The third kappa shape index (κ3) is 3.79. The molecule has 0 unspecified atom stereocenters. The summed E-state index contributed by atoms with van der Waals surface area (Å²) in [7, 11) is 3.55. The molecule has 0 aromatic heterocycles. The van der Waals surface area contributed by atoms with Crippen LogP contribution in [0.3, 0.4) is 0 Å². The predicted molar refractivity (Wildman–Crippen MR) is 85.7 cm³/mol. The topological polar surface area (TPSA) is 56.6 Å². The summed E-state index contributed by atoms with van der Waals surface area (Å²) in [6, 6.07) is 7.08.